The number of likely N-dealkylation sites (N-methyl/N-ethyl adjacent to an activating group) is 1. The van der Waals surface area contributed by atoms with E-state index >= 15 is 0 Å². The Morgan fingerprint density at radius 1 is 1.19 bits per heavy atom. The van der Waals surface area contributed by atoms with Crippen molar-refractivity contribution in [2.24, 2.45) is 0 Å². The molecular weight excluding hydrogens is 361 g/mol. The summed E-state index contributed by atoms with van der Waals surface area (Å²) in [4.78, 5) is 17.7. The zero-order valence-electron chi connectivity index (χ0n) is 14.2. The molecule has 1 heterocycles. The molecule has 0 bridgehead atoms. The number of alkyl halides is 3. The Kier molecular flexibility index (Phi) is 5.16. The van der Waals surface area contributed by atoms with Crippen molar-refractivity contribution in [3.8, 4) is 5.75 Å². The third kappa shape index (κ3) is 4.87. The van der Waals surface area contributed by atoms with Gasteiger partial charge in [-0.25, -0.2) is 4.98 Å². The SMILES string of the molecule is CN(Cc1ccccc1OC(F)(F)F)C(=O)/C=C/c1nc2ccccc2o1. The molecular formula is C19H15F3N2O3. The lowest BCUT2D eigenvalue weighted by atomic mass is 10.2. The quantitative estimate of drug-likeness (QED) is 0.620. The van der Waals surface area contributed by atoms with Gasteiger partial charge in [0.2, 0.25) is 11.8 Å². The number of amides is 1. The molecule has 0 aliphatic heterocycles. The molecule has 0 unspecified atom stereocenters. The molecule has 1 aromatic heterocycles. The number of para-hydroxylation sites is 3. The van der Waals surface area contributed by atoms with E-state index in [0.717, 1.165) is 0 Å². The second kappa shape index (κ2) is 7.53. The first-order chi connectivity index (χ1) is 12.8. The lowest BCUT2D eigenvalue weighted by molar-refractivity contribution is -0.275. The maximum atomic E-state index is 12.5. The highest BCUT2D eigenvalue weighted by atomic mass is 19.4. The molecule has 0 radical (unpaired) electrons. The Bertz CT molecular complexity index is 946. The smallest absolute Gasteiger partial charge is 0.437 e. The fraction of sp³-hybridized carbons (Fsp3) is 0.158. The number of hydrogen-bond donors (Lipinski definition) is 0. The van der Waals surface area contributed by atoms with Crippen molar-refractivity contribution >= 4 is 23.1 Å². The van der Waals surface area contributed by atoms with Gasteiger partial charge in [-0.3, -0.25) is 4.79 Å². The first-order valence-corrected chi connectivity index (χ1v) is 7.94. The van der Waals surface area contributed by atoms with Crippen molar-refractivity contribution in [3.63, 3.8) is 0 Å². The van der Waals surface area contributed by atoms with Crippen LogP contribution < -0.4 is 4.74 Å². The molecule has 0 saturated heterocycles. The van der Waals surface area contributed by atoms with E-state index in [-0.39, 0.29) is 23.7 Å². The van der Waals surface area contributed by atoms with Crippen LogP contribution >= 0.6 is 0 Å². The highest BCUT2D eigenvalue weighted by molar-refractivity contribution is 5.91. The minimum atomic E-state index is -4.80. The molecule has 0 aliphatic rings. The monoisotopic (exact) mass is 376 g/mol. The minimum Gasteiger partial charge on any atom is -0.437 e. The number of aromatic nitrogens is 1. The van der Waals surface area contributed by atoms with Crippen molar-refractivity contribution in [2.45, 2.75) is 12.9 Å². The summed E-state index contributed by atoms with van der Waals surface area (Å²) in [5, 5.41) is 0. The summed E-state index contributed by atoms with van der Waals surface area (Å²) in [5.74, 6) is -0.495. The number of fused-ring (bicyclic) bond motifs is 1. The molecule has 1 amide bonds. The van der Waals surface area contributed by atoms with Crippen LogP contribution in [0.15, 0.2) is 59.0 Å². The molecule has 27 heavy (non-hydrogen) atoms. The summed E-state index contributed by atoms with van der Waals surface area (Å²) in [6.07, 6.45) is -2.14. The van der Waals surface area contributed by atoms with E-state index in [1.807, 2.05) is 6.07 Å². The van der Waals surface area contributed by atoms with E-state index in [2.05, 4.69) is 9.72 Å². The lowest BCUT2D eigenvalue weighted by Gasteiger charge is -2.18. The summed E-state index contributed by atoms with van der Waals surface area (Å²) in [6, 6.07) is 12.8. The van der Waals surface area contributed by atoms with Gasteiger partial charge >= 0.3 is 6.36 Å². The summed E-state index contributed by atoms with van der Waals surface area (Å²) in [6.45, 7) is -0.0526. The molecule has 0 aliphatic carbocycles. The summed E-state index contributed by atoms with van der Waals surface area (Å²) >= 11 is 0. The van der Waals surface area contributed by atoms with Crippen molar-refractivity contribution in [1.82, 2.24) is 9.88 Å². The topological polar surface area (TPSA) is 55.6 Å². The predicted molar refractivity (Wildman–Crippen MR) is 92.6 cm³/mol. The molecule has 8 heteroatoms. The third-order valence-corrected chi connectivity index (χ3v) is 3.66. The molecule has 0 spiro atoms. The number of carbonyl (C=O) groups is 1. The highest BCUT2D eigenvalue weighted by Gasteiger charge is 2.32. The molecule has 0 atom stereocenters. The molecule has 3 aromatic rings. The van der Waals surface area contributed by atoms with E-state index in [4.69, 9.17) is 4.42 Å². The third-order valence-electron chi connectivity index (χ3n) is 3.66. The predicted octanol–water partition coefficient (Wildman–Crippen LogP) is 4.40. The number of rotatable bonds is 5. The van der Waals surface area contributed by atoms with Crippen molar-refractivity contribution < 1.29 is 27.1 Å². The average Bonchev–Trinajstić information content (AvgIpc) is 3.03. The highest BCUT2D eigenvalue weighted by Crippen LogP contribution is 2.27. The molecule has 2 aromatic carbocycles. The van der Waals surface area contributed by atoms with Crippen molar-refractivity contribution in [1.29, 1.82) is 0 Å². The van der Waals surface area contributed by atoms with E-state index in [9.17, 15) is 18.0 Å². The maximum Gasteiger partial charge on any atom is 0.573 e. The molecule has 0 N–H and O–H groups in total. The average molecular weight is 376 g/mol. The van der Waals surface area contributed by atoms with Gasteiger partial charge in [-0.15, -0.1) is 13.2 Å². The van der Waals surface area contributed by atoms with Gasteiger partial charge in [-0.1, -0.05) is 30.3 Å². The van der Waals surface area contributed by atoms with Gasteiger partial charge in [-0.05, 0) is 18.2 Å². The van der Waals surface area contributed by atoms with E-state index in [0.29, 0.717) is 11.1 Å². The van der Waals surface area contributed by atoms with Crippen LogP contribution in [0.5, 0.6) is 5.75 Å². The number of ether oxygens (including phenoxy) is 1. The first-order valence-electron chi connectivity index (χ1n) is 7.94. The fourth-order valence-corrected chi connectivity index (χ4v) is 2.42. The van der Waals surface area contributed by atoms with E-state index in [1.165, 1.54) is 42.3 Å². The normalized spacial score (nSPS) is 11.9. The molecule has 140 valence electrons. The van der Waals surface area contributed by atoms with Crippen LogP contribution in [0.2, 0.25) is 0 Å². The summed E-state index contributed by atoms with van der Waals surface area (Å²) in [7, 11) is 1.48. The van der Waals surface area contributed by atoms with Gasteiger partial charge in [0.1, 0.15) is 11.3 Å². The van der Waals surface area contributed by atoms with Crippen LogP contribution in [-0.4, -0.2) is 29.2 Å². The Balaban J connectivity index is 1.69. The van der Waals surface area contributed by atoms with Gasteiger partial charge in [0.15, 0.2) is 5.58 Å². The van der Waals surface area contributed by atoms with E-state index < -0.39 is 12.3 Å². The Hall–Kier alpha value is -3.29. The number of oxazole rings is 1. The molecule has 0 saturated carbocycles. The number of nitrogens with zero attached hydrogens (tertiary/aromatic N) is 2. The van der Waals surface area contributed by atoms with Gasteiger partial charge in [0.25, 0.3) is 0 Å². The van der Waals surface area contributed by atoms with Crippen LogP contribution in [0.3, 0.4) is 0 Å². The van der Waals surface area contributed by atoms with Crippen molar-refractivity contribution in [3.05, 3.63) is 66.1 Å². The molecule has 5 nitrogen and oxygen atoms in total. The van der Waals surface area contributed by atoms with Gasteiger partial charge in [0.05, 0.1) is 0 Å². The van der Waals surface area contributed by atoms with Gasteiger partial charge in [0, 0.05) is 31.3 Å². The van der Waals surface area contributed by atoms with Crippen molar-refractivity contribution in [2.75, 3.05) is 7.05 Å². The molecule has 3 rings (SSSR count). The van der Waals surface area contributed by atoms with Gasteiger partial charge in [-0.2, -0.15) is 0 Å². The van der Waals surface area contributed by atoms with Crippen LogP contribution in [0.1, 0.15) is 11.5 Å². The largest absolute Gasteiger partial charge is 0.573 e. The Morgan fingerprint density at radius 3 is 2.63 bits per heavy atom. The fourth-order valence-electron chi connectivity index (χ4n) is 2.42. The number of carbonyl (C=O) groups excluding carboxylic acids is 1. The Morgan fingerprint density at radius 2 is 1.89 bits per heavy atom. The standard InChI is InChI=1S/C19H15F3N2O3/c1-24(12-13-6-2-4-8-15(13)27-19(20,21)22)18(25)11-10-17-23-14-7-3-5-9-16(14)26-17/h2-11H,12H2,1H3/b11-10+. The molecule has 0 fully saturated rings. The van der Waals surface area contributed by atoms with Crippen LogP contribution in [-0.2, 0) is 11.3 Å². The zero-order valence-corrected chi connectivity index (χ0v) is 14.2. The first kappa shape index (κ1) is 18.5. The lowest BCUT2D eigenvalue weighted by Crippen LogP contribution is -2.25. The Labute approximate surface area is 152 Å². The van der Waals surface area contributed by atoms with Crippen LogP contribution in [0.25, 0.3) is 17.2 Å². The zero-order chi connectivity index (χ0) is 19.4. The van der Waals surface area contributed by atoms with Gasteiger partial charge < -0.3 is 14.1 Å². The van der Waals surface area contributed by atoms with Crippen LogP contribution in [0, 0.1) is 0 Å². The number of hydrogen-bond acceptors (Lipinski definition) is 4. The maximum absolute atomic E-state index is 12.5. The van der Waals surface area contributed by atoms with E-state index in [1.54, 1.807) is 24.3 Å². The number of halogens is 3. The minimum absolute atomic E-state index is 0.0526. The van der Waals surface area contributed by atoms with Crippen LogP contribution in [0.4, 0.5) is 13.2 Å². The second-order valence-corrected chi connectivity index (χ2v) is 5.70. The summed E-state index contributed by atoms with van der Waals surface area (Å²) < 4.78 is 46.9. The summed E-state index contributed by atoms with van der Waals surface area (Å²) in [5.41, 5.74) is 1.49. The second-order valence-electron chi connectivity index (χ2n) is 5.70. The number of benzene rings is 2.